The number of Topliss-reactive ketones (excluding diaryl/α,β-unsaturated/α-hetero) is 1. The van der Waals surface area contributed by atoms with Gasteiger partial charge in [0.1, 0.15) is 5.75 Å². The highest BCUT2D eigenvalue weighted by Gasteiger charge is 2.15. The summed E-state index contributed by atoms with van der Waals surface area (Å²) >= 11 is 0. The third kappa shape index (κ3) is 3.41. The van der Waals surface area contributed by atoms with Crippen LogP contribution in [0.5, 0.6) is 5.75 Å². The predicted octanol–water partition coefficient (Wildman–Crippen LogP) is 2.70. The second-order valence-electron chi connectivity index (χ2n) is 4.71. The molecule has 5 nitrogen and oxygen atoms in total. The molecule has 2 rings (SSSR count). The third-order valence-corrected chi connectivity index (χ3v) is 4.36. The SMILES string of the molecule is CC(=O)c1cc(NS(=O)(=O)c2ccc(C)cc2)ccc1O. The lowest BCUT2D eigenvalue weighted by Crippen LogP contribution is -2.13. The van der Waals surface area contributed by atoms with Gasteiger partial charge in [-0.15, -0.1) is 0 Å². The Kier molecular flexibility index (Phi) is 3.99. The minimum Gasteiger partial charge on any atom is -0.507 e. The van der Waals surface area contributed by atoms with Crippen molar-refractivity contribution in [2.75, 3.05) is 4.72 Å². The molecule has 0 aliphatic rings. The lowest BCUT2D eigenvalue weighted by atomic mass is 10.1. The van der Waals surface area contributed by atoms with Gasteiger partial charge in [-0.2, -0.15) is 0 Å². The van der Waals surface area contributed by atoms with Crippen LogP contribution in [0, 0.1) is 6.92 Å². The fraction of sp³-hybridized carbons (Fsp3) is 0.133. The molecule has 0 spiro atoms. The van der Waals surface area contributed by atoms with Crippen LogP contribution in [0.25, 0.3) is 0 Å². The molecule has 0 bridgehead atoms. The molecule has 0 saturated carbocycles. The van der Waals surface area contributed by atoms with Crippen LogP contribution in [0.2, 0.25) is 0 Å². The summed E-state index contributed by atoms with van der Waals surface area (Å²) in [5.74, 6) is -0.523. The third-order valence-electron chi connectivity index (χ3n) is 2.96. The Morgan fingerprint density at radius 3 is 2.29 bits per heavy atom. The standard InChI is InChI=1S/C15H15NO4S/c1-10-3-6-13(7-4-10)21(19,20)16-12-5-8-15(18)14(9-12)11(2)17/h3-9,16,18H,1-2H3. The molecule has 0 unspecified atom stereocenters. The van der Waals surface area contributed by atoms with Crippen molar-refractivity contribution in [3.05, 3.63) is 53.6 Å². The van der Waals surface area contributed by atoms with Crippen molar-refractivity contribution in [2.45, 2.75) is 18.7 Å². The zero-order valence-electron chi connectivity index (χ0n) is 11.6. The summed E-state index contributed by atoms with van der Waals surface area (Å²) in [6, 6.07) is 10.4. The Morgan fingerprint density at radius 1 is 1.10 bits per heavy atom. The minimum atomic E-state index is -3.73. The van der Waals surface area contributed by atoms with E-state index in [1.807, 2.05) is 6.92 Å². The van der Waals surface area contributed by atoms with Crippen molar-refractivity contribution >= 4 is 21.5 Å². The summed E-state index contributed by atoms with van der Waals surface area (Å²) in [5, 5.41) is 9.55. The van der Waals surface area contributed by atoms with Crippen LogP contribution in [0.3, 0.4) is 0 Å². The summed E-state index contributed by atoms with van der Waals surface area (Å²) in [6.45, 7) is 3.16. The molecule has 0 aromatic heterocycles. The smallest absolute Gasteiger partial charge is 0.261 e. The summed E-state index contributed by atoms with van der Waals surface area (Å²) in [6.07, 6.45) is 0. The van der Waals surface area contributed by atoms with Crippen molar-refractivity contribution in [3.63, 3.8) is 0 Å². The Bertz CT molecular complexity index is 780. The molecule has 0 aliphatic carbocycles. The van der Waals surface area contributed by atoms with E-state index in [9.17, 15) is 18.3 Å². The first-order valence-electron chi connectivity index (χ1n) is 6.23. The van der Waals surface area contributed by atoms with E-state index in [2.05, 4.69) is 4.72 Å². The van der Waals surface area contributed by atoms with Crippen LogP contribution in [0.1, 0.15) is 22.8 Å². The number of phenols is 1. The first-order chi connectivity index (χ1) is 9.79. The largest absolute Gasteiger partial charge is 0.507 e. The number of carbonyl (C=O) groups is 1. The molecule has 0 radical (unpaired) electrons. The maximum absolute atomic E-state index is 12.2. The quantitative estimate of drug-likeness (QED) is 0.672. The van der Waals surface area contributed by atoms with Gasteiger partial charge in [-0.25, -0.2) is 8.42 Å². The number of ketones is 1. The van der Waals surface area contributed by atoms with Crippen LogP contribution < -0.4 is 4.72 Å². The van der Waals surface area contributed by atoms with Crippen LogP contribution in [-0.4, -0.2) is 19.3 Å². The van der Waals surface area contributed by atoms with Gasteiger partial charge >= 0.3 is 0 Å². The zero-order valence-corrected chi connectivity index (χ0v) is 12.4. The lowest BCUT2D eigenvalue weighted by Gasteiger charge is -2.10. The number of rotatable bonds is 4. The predicted molar refractivity (Wildman–Crippen MR) is 80.1 cm³/mol. The van der Waals surface area contributed by atoms with E-state index < -0.39 is 10.0 Å². The first kappa shape index (κ1) is 15.1. The van der Waals surface area contributed by atoms with Crippen molar-refractivity contribution in [1.82, 2.24) is 0 Å². The van der Waals surface area contributed by atoms with E-state index in [4.69, 9.17) is 0 Å². The fourth-order valence-electron chi connectivity index (χ4n) is 1.81. The van der Waals surface area contributed by atoms with Crippen LogP contribution in [0.4, 0.5) is 5.69 Å². The number of nitrogens with one attached hydrogen (secondary N) is 1. The molecule has 2 aromatic carbocycles. The minimum absolute atomic E-state index is 0.0686. The van der Waals surface area contributed by atoms with Crippen LogP contribution in [-0.2, 0) is 10.0 Å². The maximum Gasteiger partial charge on any atom is 0.261 e. The molecule has 6 heteroatoms. The zero-order chi connectivity index (χ0) is 15.6. The molecular weight excluding hydrogens is 290 g/mol. The van der Waals surface area contributed by atoms with E-state index in [0.717, 1.165) is 5.56 Å². The van der Waals surface area contributed by atoms with Gasteiger partial charge in [0, 0.05) is 5.69 Å². The van der Waals surface area contributed by atoms with Gasteiger partial charge in [0.15, 0.2) is 5.78 Å². The lowest BCUT2D eigenvalue weighted by molar-refractivity contribution is 0.101. The second-order valence-corrected chi connectivity index (χ2v) is 6.39. The summed E-state index contributed by atoms with van der Waals surface area (Å²) in [4.78, 5) is 11.5. The molecule has 2 aromatic rings. The molecule has 110 valence electrons. The molecule has 0 heterocycles. The van der Waals surface area contributed by atoms with Crippen LogP contribution in [0.15, 0.2) is 47.4 Å². The van der Waals surface area contributed by atoms with E-state index in [1.54, 1.807) is 12.1 Å². The Balaban J connectivity index is 2.35. The Morgan fingerprint density at radius 2 is 1.71 bits per heavy atom. The van der Waals surface area contributed by atoms with Crippen molar-refractivity contribution < 1.29 is 18.3 Å². The average Bonchev–Trinajstić information content (AvgIpc) is 2.41. The normalized spacial score (nSPS) is 11.1. The van der Waals surface area contributed by atoms with E-state index in [-0.39, 0.29) is 27.7 Å². The highest BCUT2D eigenvalue weighted by molar-refractivity contribution is 7.92. The highest BCUT2D eigenvalue weighted by atomic mass is 32.2. The molecule has 0 saturated heterocycles. The van der Waals surface area contributed by atoms with E-state index in [1.165, 1.54) is 37.3 Å². The molecular formula is C15H15NO4S. The van der Waals surface area contributed by atoms with Crippen molar-refractivity contribution in [2.24, 2.45) is 0 Å². The number of phenolic OH excluding ortho intramolecular Hbond substituents is 1. The number of sulfonamides is 1. The van der Waals surface area contributed by atoms with Gasteiger partial charge in [0.2, 0.25) is 0 Å². The first-order valence-corrected chi connectivity index (χ1v) is 7.71. The number of aryl methyl sites for hydroxylation is 1. The summed E-state index contributed by atoms with van der Waals surface area (Å²) in [7, 11) is -3.73. The average molecular weight is 305 g/mol. The van der Waals surface area contributed by atoms with E-state index in [0.29, 0.717) is 0 Å². The number of aromatic hydroxyl groups is 1. The number of carbonyl (C=O) groups excluding carboxylic acids is 1. The van der Waals surface area contributed by atoms with Gasteiger partial charge in [0.25, 0.3) is 10.0 Å². The Labute approximate surface area is 123 Å². The van der Waals surface area contributed by atoms with Gasteiger partial charge in [-0.05, 0) is 44.2 Å². The molecule has 21 heavy (non-hydrogen) atoms. The molecule has 0 aliphatic heterocycles. The van der Waals surface area contributed by atoms with Gasteiger partial charge < -0.3 is 5.11 Å². The molecule has 0 atom stereocenters. The molecule has 0 amide bonds. The summed E-state index contributed by atoms with van der Waals surface area (Å²) < 4.78 is 26.8. The van der Waals surface area contributed by atoms with E-state index >= 15 is 0 Å². The Hall–Kier alpha value is -2.34. The number of hydrogen-bond donors (Lipinski definition) is 2. The number of hydrogen-bond acceptors (Lipinski definition) is 4. The molecule has 2 N–H and O–H groups in total. The number of benzene rings is 2. The van der Waals surface area contributed by atoms with Gasteiger partial charge in [-0.3, -0.25) is 9.52 Å². The van der Waals surface area contributed by atoms with Crippen LogP contribution >= 0.6 is 0 Å². The van der Waals surface area contributed by atoms with Crippen molar-refractivity contribution in [1.29, 1.82) is 0 Å². The second kappa shape index (κ2) is 5.57. The maximum atomic E-state index is 12.2. The highest BCUT2D eigenvalue weighted by Crippen LogP contribution is 2.24. The molecule has 0 fully saturated rings. The number of anilines is 1. The topological polar surface area (TPSA) is 83.5 Å². The summed E-state index contributed by atoms with van der Waals surface area (Å²) in [5.41, 5.74) is 1.25. The van der Waals surface area contributed by atoms with Crippen molar-refractivity contribution in [3.8, 4) is 5.75 Å². The van der Waals surface area contributed by atoms with Gasteiger partial charge in [-0.1, -0.05) is 17.7 Å². The fourth-order valence-corrected chi connectivity index (χ4v) is 2.86. The monoisotopic (exact) mass is 305 g/mol. The van der Waals surface area contributed by atoms with Gasteiger partial charge in [0.05, 0.1) is 10.5 Å².